The third-order valence-corrected chi connectivity index (χ3v) is 2.80. The van der Waals surface area contributed by atoms with E-state index in [4.69, 9.17) is 4.74 Å². The number of hydrogen-bond donors (Lipinski definition) is 1. The summed E-state index contributed by atoms with van der Waals surface area (Å²) in [5.74, 6) is 0.728. The van der Waals surface area contributed by atoms with Crippen LogP contribution in [0.25, 0.3) is 0 Å². The molecule has 0 bridgehead atoms. The fourth-order valence-corrected chi connectivity index (χ4v) is 1.67. The van der Waals surface area contributed by atoms with Crippen LogP contribution in [0, 0.1) is 5.92 Å². The van der Waals surface area contributed by atoms with Gasteiger partial charge in [0.1, 0.15) is 0 Å². The number of nitrogens with zero attached hydrogens (tertiary/aromatic N) is 1. The number of rotatable bonds is 9. The first-order valence-electron chi connectivity index (χ1n) is 6.66. The molecule has 1 N–H and O–H groups in total. The maximum Gasteiger partial charge on any atom is 0.0645 e. The molecule has 0 aliphatic carbocycles. The van der Waals surface area contributed by atoms with Crippen molar-refractivity contribution in [1.29, 1.82) is 0 Å². The number of aromatic nitrogens is 1. The third-order valence-electron chi connectivity index (χ3n) is 2.80. The highest BCUT2D eigenvalue weighted by atomic mass is 16.5. The van der Waals surface area contributed by atoms with Crippen LogP contribution in [-0.2, 0) is 17.8 Å². The van der Waals surface area contributed by atoms with Crippen molar-refractivity contribution in [3.63, 3.8) is 0 Å². The van der Waals surface area contributed by atoms with Crippen LogP contribution in [0.1, 0.15) is 32.9 Å². The van der Waals surface area contributed by atoms with Crippen molar-refractivity contribution in [2.24, 2.45) is 5.92 Å². The molecule has 1 rings (SSSR count). The molecule has 3 heteroatoms. The van der Waals surface area contributed by atoms with Gasteiger partial charge in [-0.1, -0.05) is 20.8 Å². The van der Waals surface area contributed by atoms with Gasteiger partial charge in [0.2, 0.25) is 0 Å². The Kier molecular flexibility index (Phi) is 6.97. The highest BCUT2D eigenvalue weighted by Crippen LogP contribution is 2.03. The maximum atomic E-state index is 5.64. The number of ether oxygens (including phenoxy) is 1. The summed E-state index contributed by atoms with van der Waals surface area (Å²) in [6, 6.07) is 4.26. The molecule has 0 spiro atoms. The van der Waals surface area contributed by atoms with Gasteiger partial charge < -0.3 is 14.6 Å². The maximum absolute atomic E-state index is 5.64. The summed E-state index contributed by atoms with van der Waals surface area (Å²) in [6.07, 6.45) is 3.27. The summed E-state index contributed by atoms with van der Waals surface area (Å²) in [4.78, 5) is 0. The van der Waals surface area contributed by atoms with E-state index < -0.39 is 0 Å². The molecule has 0 aromatic carbocycles. The lowest BCUT2D eigenvalue weighted by Gasteiger charge is -2.10. The Hall–Kier alpha value is -0.800. The molecule has 98 valence electrons. The quantitative estimate of drug-likeness (QED) is 0.669. The third kappa shape index (κ3) is 5.89. The number of hydrogen-bond acceptors (Lipinski definition) is 2. The van der Waals surface area contributed by atoms with Crippen LogP contribution in [0.15, 0.2) is 18.3 Å². The highest BCUT2D eigenvalue weighted by Gasteiger charge is 2.00. The van der Waals surface area contributed by atoms with Crippen LogP contribution in [0.5, 0.6) is 0 Å². The predicted molar refractivity (Wildman–Crippen MR) is 72.1 cm³/mol. The zero-order valence-corrected chi connectivity index (χ0v) is 11.4. The smallest absolute Gasteiger partial charge is 0.0645 e. The predicted octanol–water partition coefficient (Wildman–Crippen LogP) is 2.66. The van der Waals surface area contributed by atoms with Gasteiger partial charge in [0.15, 0.2) is 0 Å². The van der Waals surface area contributed by atoms with Gasteiger partial charge in [0.05, 0.1) is 6.61 Å². The molecule has 0 atom stereocenters. The van der Waals surface area contributed by atoms with Crippen LogP contribution in [0.2, 0.25) is 0 Å². The summed E-state index contributed by atoms with van der Waals surface area (Å²) in [5, 5.41) is 3.35. The molecule has 1 aromatic heterocycles. The molecule has 17 heavy (non-hydrogen) atoms. The molecule has 1 aromatic rings. The molecular formula is C14H26N2O. The first kappa shape index (κ1) is 14.3. The standard InChI is InChI=1S/C14H26N2O/c1-4-15-12-14-6-5-8-16(14)9-11-17-10-7-13(2)3/h5-6,8,13,15H,4,7,9-12H2,1-3H3. The summed E-state index contributed by atoms with van der Waals surface area (Å²) >= 11 is 0. The van der Waals surface area contributed by atoms with E-state index in [0.717, 1.165) is 45.2 Å². The van der Waals surface area contributed by atoms with Crippen molar-refractivity contribution in [1.82, 2.24) is 9.88 Å². The average molecular weight is 238 g/mol. The van der Waals surface area contributed by atoms with Gasteiger partial charge in [-0.3, -0.25) is 0 Å². The first-order valence-corrected chi connectivity index (χ1v) is 6.66. The Labute approximate surface area is 105 Å². The monoisotopic (exact) mass is 238 g/mol. The minimum absolute atomic E-state index is 0.728. The fourth-order valence-electron chi connectivity index (χ4n) is 1.67. The van der Waals surface area contributed by atoms with Gasteiger partial charge in [0, 0.05) is 31.6 Å². The van der Waals surface area contributed by atoms with Crippen molar-refractivity contribution in [2.75, 3.05) is 19.8 Å². The first-order chi connectivity index (χ1) is 8.24. The fraction of sp³-hybridized carbons (Fsp3) is 0.714. The molecule has 0 saturated carbocycles. The van der Waals surface area contributed by atoms with Gasteiger partial charge >= 0.3 is 0 Å². The lowest BCUT2D eigenvalue weighted by atomic mass is 10.1. The molecule has 0 saturated heterocycles. The molecular weight excluding hydrogens is 212 g/mol. The Bertz CT molecular complexity index is 294. The van der Waals surface area contributed by atoms with E-state index in [-0.39, 0.29) is 0 Å². The van der Waals surface area contributed by atoms with E-state index in [0.29, 0.717) is 0 Å². The molecule has 0 unspecified atom stereocenters. The molecule has 3 nitrogen and oxygen atoms in total. The van der Waals surface area contributed by atoms with Gasteiger partial charge in [-0.25, -0.2) is 0 Å². The minimum atomic E-state index is 0.728. The van der Waals surface area contributed by atoms with Crippen LogP contribution in [0.3, 0.4) is 0 Å². The zero-order chi connectivity index (χ0) is 12.5. The second kappa shape index (κ2) is 8.31. The largest absolute Gasteiger partial charge is 0.380 e. The second-order valence-corrected chi connectivity index (χ2v) is 4.77. The summed E-state index contributed by atoms with van der Waals surface area (Å²) in [7, 11) is 0. The van der Waals surface area contributed by atoms with E-state index in [1.165, 1.54) is 5.69 Å². The molecule has 0 aliphatic heterocycles. The SMILES string of the molecule is CCNCc1cccn1CCOCCC(C)C. The molecule has 1 heterocycles. The zero-order valence-electron chi connectivity index (χ0n) is 11.4. The second-order valence-electron chi connectivity index (χ2n) is 4.77. The Morgan fingerprint density at radius 2 is 2.18 bits per heavy atom. The van der Waals surface area contributed by atoms with E-state index in [1.807, 2.05) is 0 Å². The minimum Gasteiger partial charge on any atom is -0.380 e. The molecule has 0 radical (unpaired) electrons. The summed E-state index contributed by atoms with van der Waals surface area (Å²) < 4.78 is 7.90. The topological polar surface area (TPSA) is 26.2 Å². The van der Waals surface area contributed by atoms with Gasteiger partial charge in [-0.05, 0) is 31.0 Å². The van der Waals surface area contributed by atoms with Crippen molar-refractivity contribution in [3.05, 3.63) is 24.0 Å². The van der Waals surface area contributed by atoms with Gasteiger partial charge in [0.25, 0.3) is 0 Å². The van der Waals surface area contributed by atoms with Crippen molar-refractivity contribution in [2.45, 2.75) is 40.3 Å². The normalized spacial score (nSPS) is 11.3. The van der Waals surface area contributed by atoms with Crippen molar-refractivity contribution >= 4 is 0 Å². The lowest BCUT2D eigenvalue weighted by molar-refractivity contribution is 0.116. The highest BCUT2D eigenvalue weighted by molar-refractivity contribution is 5.06. The van der Waals surface area contributed by atoms with E-state index in [9.17, 15) is 0 Å². The molecule has 0 amide bonds. The molecule has 0 fully saturated rings. The summed E-state index contributed by atoms with van der Waals surface area (Å²) in [5.41, 5.74) is 1.33. The van der Waals surface area contributed by atoms with Crippen LogP contribution >= 0.6 is 0 Å². The van der Waals surface area contributed by atoms with Gasteiger partial charge in [-0.15, -0.1) is 0 Å². The Morgan fingerprint density at radius 1 is 1.35 bits per heavy atom. The van der Waals surface area contributed by atoms with Crippen LogP contribution in [0.4, 0.5) is 0 Å². The van der Waals surface area contributed by atoms with E-state index in [2.05, 4.69) is 49.0 Å². The average Bonchev–Trinajstić information content (AvgIpc) is 2.73. The Morgan fingerprint density at radius 3 is 2.88 bits per heavy atom. The Balaban J connectivity index is 2.19. The van der Waals surface area contributed by atoms with Gasteiger partial charge in [-0.2, -0.15) is 0 Å². The summed E-state index contributed by atoms with van der Waals surface area (Å²) in [6.45, 7) is 11.2. The van der Waals surface area contributed by atoms with Crippen LogP contribution < -0.4 is 5.32 Å². The van der Waals surface area contributed by atoms with E-state index in [1.54, 1.807) is 0 Å². The van der Waals surface area contributed by atoms with Crippen molar-refractivity contribution < 1.29 is 4.74 Å². The number of nitrogens with one attached hydrogen (secondary N) is 1. The lowest BCUT2D eigenvalue weighted by Crippen LogP contribution is -2.16. The molecule has 0 aliphatic rings. The van der Waals surface area contributed by atoms with E-state index >= 15 is 0 Å². The van der Waals surface area contributed by atoms with Crippen molar-refractivity contribution in [3.8, 4) is 0 Å². The van der Waals surface area contributed by atoms with Crippen LogP contribution in [-0.4, -0.2) is 24.3 Å².